The molecule has 3 N–H and O–H groups in total. The first kappa shape index (κ1) is 13.5. The van der Waals surface area contributed by atoms with Crippen LogP contribution >= 0.6 is 12.2 Å². The zero-order valence-electron chi connectivity index (χ0n) is 9.72. The number of nitrogens with zero attached hydrogens (tertiary/aromatic N) is 2. The Morgan fingerprint density at radius 2 is 2.41 bits per heavy atom. The fourth-order valence-corrected chi connectivity index (χ4v) is 1.64. The van der Waals surface area contributed by atoms with Crippen molar-refractivity contribution in [2.75, 3.05) is 0 Å². The average Bonchev–Trinajstić information content (AvgIpc) is 2.34. The molecule has 0 radical (unpaired) electrons. The summed E-state index contributed by atoms with van der Waals surface area (Å²) in [5.41, 5.74) is 6.24. The van der Waals surface area contributed by atoms with E-state index in [1.807, 2.05) is 6.92 Å². The maximum Gasteiger partial charge on any atom is 0.230 e. The molecule has 1 unspecified atom stereocenters. The van der Waals surface area contributed by atoms with Crippen molar-refractivity contribution in [1.82, 2.24) is 15.5 Å². The van der Waals surface area contributed by atoms with Crippen molar-refractivity contribution in [3.05, 3.63) is 24.0 Å². The van der Waals surface area contributed by atoms with Crippen LogP contribution < -0.4 is 11.1 Å². The lowest BCUT2D eigenvalue weighted by atomic mass is 10.0. The normalized spacial score (nSPS) is 11.8. The molecule has 0 bridgehead atoms. The summed E-state index contributed by atoms with van der Waals surface area (Å²) < 4.78 is 0. The van der Waals surface area contributed by atoms with E-state index >= 15 is 0 Å². The summed E-state index contributed by atoms with van der Waals surface area (Å²) in [6.45, 7) is 2.33. The van der Waals surface area contributed by atoms with Crippen LogP contribution in [0.5, 0.6) is 0 Å². The minimum Gasteiger partial charge on any atom is -0.393 e. The van der Waals surface area contributed by atoms with Crippen molar-refractivity contribution in [1.29, 1.82) is 0 Å². The van der Waals surface area contributed by atoms with Crippen LogP contribution in [0.1, 0.15) is 25.5 Å². The van der Waals surface area contributed by atoms with Crippen LogP contribution in [0.25, 0.3) is 0 Å². The number of nitrogens with two attached hydrogens (primary N) is 1. The molecule has 0 aliphatic heterocycles. The second kappa shape index (κ2) is 6.90. The smallest absolute Gasteiger partial charge is 0.230 e. The summed E-state index contributed by atoms with van der Waals surface area (Å²) in [5, 5.41) is 10.4. The molecule has 0 aliphatic rings. The minimum atomic E-state index is -0.397. The van der Waals surface area contributed by atoms with Crippen LogP contribution in [-0.4, -0.2) is 21.1 Å². The third-order valence-corrected chi connectivity index (χ3v) is 2.59. The number of carbonyl (C=O) groups is 1. The van der Waals surface area contributed by atoms with E-state index in [1.165, 1.54) is 0 Å². The SMILES string of the molecule is CCCC(C(=O)NCc1cccnn1)C(N)=S. The number of hydrogen-bond acceptors (Lipinski definition) is 4. The molecule has 0 aromatic carbocycles. The van der Waals surface area contributed by atoms with Crippen LogP contribution in [0.2, 0.25) is 0 Å². The molecule has 6 heteroatoms. The van der Waals surface area contributed by atoms with E-state index in [1.54, 1.807) is 18.3 Å². The van der Waals surface area contributed by atoms with Crippen molar-refractivity contribution in [2.24, 2.45) is 11.7 Å². The van der Waals surface area contributed by atoms with Crippen LogP contribution in [0.3, 0.4) is 0 Å². The van der Waals surface area contributed by atoms with Gasteiger partial charge >= 0.3 is 0 Å². The van der Waals surface area contributed by atoms with E-state index in [0.717, 1.165) is 6.42 Å². The van der Waals surface area contributed by atoms with Gasteiger partial charge in [0.1, 0.15) is 0 Å². The predicted octanol–water partition coefficient (Wildman–Crippen LogP) is 0.795. The van der Waals surface area contributed by atoms with Crippen molar-refractivity contribution < 1.29 is 4.79 Å². The number of nitrogens with one attached hydrogen (secondary N) is 1. The molecule has 1 aromatic rings. The monoisotopic (exact) mass is 252 g/mol. The Morgan fingerprint density at radius 3 is 2.94 bits per heavy atom. The van der Waals surface area contributed by atoms with Crippen molar-refractivity contribution in [3.8, 4) is 0 Å². The lowest BCUT2D eigenvalue weighted by molar-refractivity contribution is -0.123. The van der Waals surface area contributed by atoms with Gasteiger partial charge in [0.15, 0.2) is 0 Å². The largest absolute Gasteiger partial charge is 0.393 e. The Labute approximate surface area is 106 Å². The molecule has 0 spiro atoms. The Balaban J connectivity index is 2.50. The maximum absolute atomic E-state index is 11.8. The minimum absolute atomic E-state index is 0.148. The average molecular weight is 252 g/mol. The quantitative estimate of drug-likeness (QED) is 0.732. The maximum atomic E-state index is 11.8. The lowest BCUT2D eigenvalue weighted by Crippen LogP contribution is -2.37. The molecule has 5 nitrogen and oxygen atoms in total. The predicted molar refractivity (Wildman–Crippen MR) is 69.1 cm³/mol. The molecule has 0 saturated carbocycles. The van der Waals surface area contributed by atoms with Crippen molar-refractivity contribution in [3.63, 3.8) is 0 Å². The third-order valence-electron chi connectivity index (χ3n) is 2.31. The van der Waals surface area contributed by atoms with Gasteiger partial charge in [-0.25, -0.2) is 0 Å². The molecular formula is C11H16N4OS. The molecule has 17 heavy (non-hydrogen) atoms. The van der Waals surface area contributed by atoms with Gasteiger partial charge in [-0.1, -0.05) is 25.6 Å². The van der Waals surface area contributed by atoms with E-state index in [4.69, 9.17) is 18.0 Å². The fourth-order valence-electron chi connectivity index (χ4n) is 1.42. The number of rotatable bonds is 6. The second-order valence-corrected chi connectivity index (χ2v) is 4.15. The number of thiocarbonyl (C=S) groups is 1. The standard InChI is InChI=1S/C11H16N4OS/c1-2-4-9(10(12)17)11(16)13-7-8-5-3-6-14-15-8/h3,5-6,9H,2,4,7H2,1H3,(H2,12,17)(H,13,16). The molecular weight excluding hydrogens is 236 g/mol. The van der Waals surface area contributed by atoms with E-state index in [9.17, 15) is 4.79 Å². The summed E-state index contributed by atoms with van der Waals surface area (Å²) in [5.74, 6) is -0.545. The molecule has 1 heterocycles. The first-order valence-electron chi connectivity index (χ1n) is 5.48. The van der Waals surface area contributed by atoms with Crippen LogP contribution in [0.4, 0.5) is 0 Å². The number of hydrogen-bond donors (Lipinski definition) is 2. The van der Waals surface area contributed by atoms with Gasteiger partial charge in [-0.05, 0) is 18.6 Å². The second-order valence-electron chi connectivity index (χ2n) is 3.68. The lowest BCUT2D eigenvalue weighted by Gasteiger charge is -2.14. The molecule has 0 fully saturated rings. The first-order chi connectivity index (χ1) is 8.15. The summed E-state index contributed by atoms with van der Waals surface area (Å²) >= 11 is 4.88. The van der Waals surface area contributed by atoms with E-state index in [2.05, 4.69) is 15.5 Å². The molecule has 92 valence electrons. The summed E-state index contributed by atoms with van der Waals surface area (Å²) in [4.78, 5) is 12.1. The van der Waals surface area contributed by atoms with Gasteiger partial charge in [-0.3, -0.25) is 4.79 Å². The summed E-state index contributed by atoms with van der Waals surface area (Å²) in [7, 11) is 0. The van der Waals surface area contributed by atoms with Gasteiger partial charge in [0.05, 0.1) is 23.1 Å². The molecule has 1 amide bonds. The van der Waals surface area contributed by atoms with E-state index in [-0.39, 0.29) is 10.9 Å². The Bertz CT molecular complexity index is 382. The highest BCUT2D eigenvalue weighted by atomic mass is 32.1. The van der Waals surface area contributed by atoms with Crippen LogP contribution in [0.15, 0.2) is 18.3 Å². The highest BCUT2D eigenvalue weighted by Gasteiger charge is 2.19. The Morgan fingerprint density at radius 1 is 1.65 bits per heavy atom. The van der Waals surface area contributed by atoms with Gasteiger partial charge in [-0.15, -0.1) is 0 Å². The third kappa shape index (κ3) is 4.44. The molecule has 0 saturated heterocycles. The molecule has 0 aliphatic carbocycles. The summed E-state index contributed by atoms with van der Waals surface area (Å²) in [6.07, 6.45) is 3.11. The van der Waals surface area contributed by atoms with Gasteiger partial charge in [-0.2, -0.15) is 10.2 Å². The van der Waals surface area contributed by atoms with Crippen molar-refractivity contribution >= 4 is 23.1 Å². The summed E-state index contributed by atoms with van der Waals surface area (Å²) in [6, 6.07) is 3.56. The van der Waals surface area contributed by atoms with Crippen LogP contribution in [0, 0.1) is 5.92 Å². The van der Waals surface area contributed by atoms with Gasteiger partial charge < -0.3 is 11.1 Å². The highest BCUT2D eigenvalue weighted by Crippen LogP contribution is 2.07. The van der Waals surface area contributed by atoms with Gasteiger partial charge in [0.2, 0.25) is 5.91 Å². The molecule has 1 aromatic heterocycles. The van der Waals surface area contributed by atoms with E-state index in [0.29, 0.717) is 18.7 Å². The topological polar surface area (TPSA) is 80.9 Å². The van der Waals surface area contributed by atoms with Gasteiger partial charge in [0, 0.05) is 6.20 Å². The Hall–Kier alpha value is -1.56. The fraction of sp³-hybridized carbons (Fsp3) is 0.455. The first-order valence-corrected chi connectivity index (χ1v) is 5.89. The number of aromatic nitrogens is 2. The van der Waals surface area contributed by atoms with Crippen molar-refractivity contribution in [2.45, 2.75) is 26.3 Å². The number of amides is 1. The zero-order valence-corrected chi connectivity index (χ0v) is 10.5. The molecule has 1 atom stereocenters. The zero-order chi connectivity index (χ0) is 12.7. The van der Waals surface area contributed by atoms with Crippen LogP contribution in [-0.2, 0) is 11.3 Å². The molecule has 1 rings (SSSR count). The Kier molecular flexibility index (Phi) is 5.48. The number of carbonyl (C=O) groups excluding carboxylic acids is 1. The highest BCUT2D eigenvalue weighted by molar-refractivity contribution is 7.80. The van der Waals surface area contributed by atoms with E-state index < -0.39 is 5.92 Å². The van der Waals surface area contributed by atoms with Gasteiger partial charge in [0.25, 0.3) is 0 Å².